The van der Waals surface area contributed by atoms with Crippen molar-refractivity contribution in [2.24, 2.45) is 0 Å². The summed E-state index contributed by atoms with van der Waals surface area (Å²) in [6.07, 6.45) is 0.407. The van der Waals surface area contributed by atoms with Crippen molar-refractivity contribution < 1.29 is 9.46 Å². The van der Waals surface area contributed by atoms with E-state index in [4.69, 9.17) is 22.1 Å². The first-order valence-electron chi connectivity index (χ1n) is 3.70. The maximum atomic E-state index is 9.55. The predicted molar refractivity (Wildman–Crippen MR) is 54.8 cm³/mol. The van der Waals surface area contributed by atoms with Crippen LogP contribution < -0.4 is 17.2 Å². The third-order valence-corrected chi connectivity index (χ3v) is 1.59. The lowest BCUT2D eigenvalue weighted by Crippen LogP contribution is -2.05. The van der Waals surface area contributed by atoms with Gasteiger partial charge in [0.15, 0.2) is 8.03 Å². The van der Waals surface area contributed by atoms with E-state index in [0.29, 0.717) is 6.16 Å². The molecule has 0 radical (unpaired) electrons. The Hall–Kier alpha value is -1.40. The van der Waals surface area contributed by atoms with Gasteiger partial charge < -0.3 is 22.1 Å². The fourth-order valence-electron chi connectivity index (χ4n) is 0.427. The van der Waals surface area contributed by atoms with Crippen LogP contribution in [0.25, 0.3) is 0 Å². The molecule has 9 heteroatoms. The molecule has 0 aliphatic heterocycles. The predicted octanol–water partition coefficient (Wildman–Crippen LogP) is -0.908. The smallest absolute Gasteiger partial charge is 0.226 e. The minimum absolute atomic E-state index is 0.0417. The summed E-state index contributed by atoms with van der Waals surface area (Å²) in [5.41, 5.74) is 15.4. The molecule has 0 saturated heterocycles. The number of aromatic nitrogens is 3. The summed E-state index contributed by atoms with van der Waals surface area (Å²) in [7, 11) is -2.12. The molecular formula is C5H13N6O2P. The summed E-state index contributed by atoms with van der Waals surface area (Å²) in [4.78, 5) is 18.4. The molecule has 0 saturated carbocycles. The Morgan fingerprint density at radius 2 is 1.36 bits per heavy atom. The fraction of sp³-hybridized carbons (Fsp3) is 0.400. The van der Waals surface area contributed by atoms with Gasteiger partial charge in [-0.15, -0.1) is 0 Å². The molecule has 0 amide bonds. The third kappa shape index (κ3) is 6.15. The Bertz CT molecular complexity index is 269. The zero-order valence-corrected chi connectivity index (χ0v) is 8.64. The van der Waals surface area contributed by atoms with Crippen LogP contribution in [-0.2, 0) is 4.57 Å². The van der Waals surface area contributed by atoms with Crippen LogP contribution in [0.3, 0.4) is 0 Å². The van der Waals surface area contributed by atoms with Gasteiger partial charge in [-0.25, -0.2) is 0 Å². The van der Waals surface area contributed by atoms with E-state index in [2.05, 4.69) is 15.0 Å². The second-order valence-electron chi connectivity index (χ2n) is 2.16. The summed E-state index contributed by atoms with van der Waals surface area (Å²) < 4.78 is 9.55. The van der Waals surface area contributed by atoms with Gasteiger partial charge in [0.2, 0.25) is 17.8 Å². The van der Waals surface area contributed by atoms with Gasteiger partial charge in [-0.3, -0.25) is 4.57 Å². The van der Waals surface area contributed by atoms with Crippen molar-refractivity contribution in [3.63, 3.8) is 0 Å². The van der Waals surface area contributed by atoms with E-state index in [0.717, 1.165) is 0 Å². The molecule has 1 aromatic heterocycles. The van der Waals surface area contributed by atoms with Crippen LogP contribution in [0.2, 0.25) is 0 Å². The van der Waals surface area contributed by atoms with Crippen molar-refractivity contribution in [3.05, 3.63) is 0 Å². The molecular weight excluding hydrogens is 207 g/mol. The van der Waals surface area contributed by atoms with E-state index < -0.39 is 8.03 Å². The van der Waals surface area contributed by atoms with E-state index in [1.165, 1.54) is 0 Å². The van der Waals surface area contributed by atoms with Crippen LogP contribution >= 0.6 is 8.03 Å². The number of anilines is 3. The first-order chi connectivity index (χ1) is 6.45. The molecule has 0 aliphatic carbocycles. The summed E-state index contributed by atoms with van der Waals surface area (Å²) in [6, 6.07) is 0. The molecule has 1 unspecified atom stereocenters. The highest BCUT2D eigenvalue weighted by atomic mass is 31.1. The molecule has 14 heavy (non-hydrogen) atoms. The van der Waals surface area contributed by atoms with Gasteiger partial charge in [0.1, 0.15) is 0 Å². The van der Waals surface area contributed by atoms with Crippen molar-refractivity contribution in [1.29, 1.82) is 0 Å². The Balaban J connectivity index is 0.000000292. The largest absolute Gasteiger partial charge is 0.368 e. The van der Waals surface area contributed by atoms with E-state index >= 15 is 0 Å². The highest BCUT2D eigenvalue weighted by Crippen LogP contribution is 2.08. The number of nitrogen functional groups attached to an aromatic ring is 3. The van der Waals surface area contributed by atoms with Gasteiger partial charge in [-0.05, 0) is 0 Å². The van der Waals surface area contributed by atoms with Crippen molar-refractivity contribution in [1.82, 2.24) is 15.0 Å². The van der Waals surface area contributed by atoms with E-state index in [9.17, 15) is 4.57 Å². The van der Waals surface area contributed by atoms with Gasteiger partial charge in [0.25, 0.3) is 0 Å². The lowest BCUT2D eigenvalue weighted by atomic mass is 10.9. The van der Waals surface area contributed by atoms with Gasteiger partial charge in [-0.2, -0.15) is 15.0 Å². The van der Waals surface area contributed by atoms with Crippen LogP contribution in [-0.4, -0.2) is 26.0 Å². The van der Waals surface area contributed by atoms with E-state index in [1.807, 2.05) is 0 Å². The van der Waals surface area contributed by atoms with Gasteiger partial charge in [0.05, 0.1) is 0 Å². The third-order valence-electron chi connectivity index (χ3n) is 0.990. The molecule has 0 aliphatic rings. The summed E-state index contributed by atoms with van der Waals surface area (Å²) in [5, 5.41) is 0. The van der Waals surface area contributed by atoms with Crippen molar-refractivity contribution >= 4 is 25.9 Å². The molecule has 0 spiro atoms. The molecule has 80 valence electrons. The van der Waals surface area contributed by atoms with Crippen LogP contribution in [0, 0.1) is 0 Å². The zero-order chi connectivity index (χ0) is 11.1. The van der Waals surface area contributed by atoms with Crippen molar-refractivity contribution in [2.45, 2.75) is 6.92 Å². The van der Waals surface area contributed by atoms with Crippen LogP contribution in [0.4, 0.5) is 17.8 Å². The first-order valence-corrected chi connectivity index (χ1v) is 5.26. The monoisotopic (exact) mass is 220 g/mol. The fourth-order valence-corrected chi connectivity index (χ4v) is 0.427. The van der Waals surface area contributed by atoms with Crippen LogP contribution in [0.5, 0.6) is 0 Å². The molecule has 0 bridgehead atoms. The second kappa shape index (κ2) is 6.11. The first kappa shape index (κ1) is 12.6. The minimum Gasteiger partial charge on any atom is -0.368 e. The van der Waals surface area contributed by atoms with Crippen LogP contribution in [0.15, 0.2) is 0 Å². The minimum atomic E-state index is -2.12. The zero-order valence-electron chi connectivity index (χ0n) is 7.64. The van der Waals surface area contributed by atoms with Gasteiger partial charge in [-0.1, -0.05) is 6.92 Å². The van der Waals surface area contributed by atoms with Gasteiger partial charge in [0, 0.05) is 6.16 Å². The molecule has 8 nitrogen and oxygen atoms in total. The number of nitrogens with zero attached hydrogens (tertiary/aromatic N) is 3. The lowest BCUT2D eigenvalue weighted by molar-refractivity contribution is 0.504. The summed E-state index contributed by atoms with van der Waals surface area (Å²) in [5.74, 6) is 0.125. The molecule has 0 fully saturated rings. The highest BCUT2D eigenvalue weighted by Gasteiger charge is 1.93. The number of hydrogen-bond donors (Lipinski definition) is 4. The molecule has 0 aromatic carbocycles. The SMILES string of the molecule is CC[PH](=O)O.Nc1nc(N)nc(N)n1. The Morgan fingerprint density at radius 3 is 1.50 bits per heavy atom. The summed E-state index contributed by atoms with van der Waals surface area (Å²) >= 11 is 0. The molecule has 1 rings (SSSR count). The van der Waals surface area contributed by atoms with Crippen molar-refractivity contribution in [2.75, 3.05) is 23.4 Å². The molecule has 7 N–H and O–H groups in total. The molecule has 1 heterocycles. The standard InChI is InChI=1S/C3H6N6.C2H7O2P/c4-1-7-2(5)9-3(6)8-1;1-2-5(3)4/h(H6,4,5,6,7,8,9);5H,2H2,1H3,(H,3,4). The maximum absolute atomic E-state index is 9.55. The lowest BCUT2D eigenvalue weighted by Gasteiger charge is -1.93. The Morgan fingerprint density at radius 1 is 1.14 bits per heavy atom. The number of rotatable bonds is 1. The van der Waals surface area contributed by atoms with Crippen molar-refractivity contribution in [3.8, 4) is 0 Å². The quantitative estimate of drug-likeness (QED) is 0.443. The number of nitrogens with two attached hydrogens (primary N) is 3. The van der Waals surface area contributed by atoms with E-state index in [1.54, 1.807) is 6.92 Å². The highest BCUT2D eigenvalue weighted by molar-refractivity contribution is 7.37. The van der Waals surface area contributed by atoms with Gasteiger partial charge >= 0.3 is 0 Å². The summed E-state index contributed by atoms with van der Waals surface area (Å²) in [6.45, 7) is 1.68. The topological polar surface area (TPSA) is 154 Å². The van der Waals surface area contributed by atoms with Crippen LogP contribution in [0.1, 0.15) is 6.92 Å². The average molecular weight is 220 g/mol. The molecule has 1 aromatic rings. The maximum Gasteiger partial charge on any atom is 0.226 e. The average Bonchev–Trinajstić information content (AvgIpc) is 2.02. The molecule has 1 atom stereocenters. The normalized spacial score (nSPS) is 11.3. The number of hydrogen-bond acceptors (Lipinski definition) is 7. The Labute approximate surface area is 81.4 Å². The second-order valence-corrected chi connectivity index (χ2v) is 3.65. The van der Waals surface area contributed by atoms with E-state index in [-0.39, 0.29) is 17.8 Å². The Kier molecular flexibility index (Phi) is 5.50.